The summed E-state index contributed by atoms with van der Waals surface area (Å²) in [6, 6.07) is -0.280. The van der Waals surface area contributed by atoms with Crippen molar-refractivity contribution in [1.29, 1.82) is 0 Å². The lowest BCUT2D eigenvalue weighted by Crippen LogP contribution is -2.47. The van der Waals surface area contributed by atoms with E-state index in [4.69, 9.17) is 4.74 Å². The maximum Gasteiger partial charge on any atom is 0.249 e. The highest BCUT2D eigenvalue weighted by atomic mass is 16.5. The Morgan fingerprint density at radius 3 is 2.33 bits per heavy atom. The summed E-state index contributed by atoms with van der Waals surface area (Å²) in [5, 5.41) is 2.82. The van der Waals surface area contributed by atoms with Gasteiger partial charge in [0.15, 0.2) is 0 Å². The van der Waals surface area contributed by atoms with Crippen LogP contribution in [-0.2, 0) is 9.53 Å². The highest BCUT2D eigenvalue weighted by molar-refractivity contribution is 6.09. The van der Waals surface area contributed by atoms with E-state index in [1.165, 1.54) is 0 Å². The molecule has 0 aromatic rings. The van der Waals surface area contributed by atoms with Crippen molar-refractivity contribution in [2.45, 2.75) is 52.2 Å². The lowest BCUT2D eigenvalue weighted by atomic mass is 9.95. The van der Waals surface area contributed by atoms with Crippen molar-refractivity contribution in [3.8, 4) is 0 Å². The number of carbonyl (C=O) groups is 1. The molecule has 15 heavy (non-hydrogen) atoms. The van der Waals surface area contributed by atoms with Crippen LogP contribution in [0, 0.1) is 0 Å². The number of ether oxygens (including phenoxy) is 1. The maximum absolute atomic E-state index is 11.4. The van der Waals surface area contributed by atoms with E-state index in [-0.39, 0.29) is 11.9 Å². The lowest BCUT2D eigenvalue weighted by Gasteiger charge is -2.31. The van der Waals surface area contributed by atoms with Gasteiger partial charge in [0, 0.05) is 6.61 Å². The fourth-order valence-corrected chi connectivity index (χ4v) is 1.87. The number of hydrogen-bond donors (Lipinski definition) is 1. The number of amides is 1. The summed E-state index contributed by atoms with van der Waals surface area (Å²) in [6.45, 7) is 8.49. The molecule has 1 unspecified atom stereocenters. The zero-order valence-electron chi connectivity index (χ0n) is 9.96. The van der Waals surface area contributed by atoms with E-state index in [0.29, 0.717) is 12.4 Å². The Morgan fingerprint density at radius 2 is 2.00 bits per heavy atom. The normalized spacial score (nSPS) is 21.5. The predicted molar refractivity (Wildman–Crippen MR) is 60.0 cm³/mol. The van der Waals surface area contributed by atoms with Gasteiger partial charge in [-0.3, -0.25) is 9.79 Å². The van der Waals surface area contributed by atoms with Crippen LogP contribution in [0.4, 0.5) is 0 Å². The van der Waals surface area contributed by atoms with Gasteiger partial charge < -0.3 is 10.1 Å². The van der Waals surface area contributed by atoms with Crippen molar-refractivity contribution < 1.29 is 9.53 Å². The van der Waals surface area contributed by atoms with Crippen LogP contribution in [0.15, 0.2) is 4.99 Å². The molecule has 0 aromatic heterocycles. The Kier molecular flexibility index (Phi) is 3.85. The number of aliphatic imine (C=N–C) groups is 1. The zero-order chi connectivity index (χ0) is 11.5. The van der Waals surface area contributed by atoms with E-state index in [2.05, 4.69) is 24.2 Å². The van der Waals surface area contributed by atoms with Crippen LogP contribution in [0.2, 0.25) is 0 Å². The molecule has 1 N–H and O–H groups in total. The van der Waals surface area contributed by atoms with Crippen molar-refractivity contribution >= 4 is 11.7 Å². The van der Waals surface area contributed by atoms with Gasteiger partial charge in [-0.2, -0.15) is 0 Å². The van der Waals surface area contributed by atoms with Gasteiger partial charge >= 0.3 is 0 Å². The molecule has 0 fully saturated rings. The standard InChI is InChI=1S/C11H20N2O2/c1-5-11(6-2,15-7-3)10-12-8(4)9(14)13-10/h8H,5-7H2,1-4H3,(H,12,13,14). The molecule has 1 atom stereocenters. The molecule has 1 rings (SSSR count). The molecule has 4 nitrogen and oxygen atoms in total. The van der Waals surface area contributed by atoms with Gasteiger partial charge in [0.05, 0.1) is 0 Å². The molecule has 0 aliphatic carbocycles. The van der Waals surface area contributed by atoms with Crippen molar-refractivity contribution in [3.05, 3.63) is 0 Å². The highest BCUT2D eigenvalue weighted by Gasteiger charge is 2.38. The summed E-state index contributed by atoms with van der Waals surface area (Å²) in [6.07, 6.45) is 1.65. The van der Waals surface area contributed by atoms with Crippen LogP contribution in [-0.4, -0.2) is 30.0 Å². The summed E-state index contributed by atoms with van der Waals surface area (Å²) in [4.78, 5) is 15.7. The van der Waals surface area contributed by atoms with Gasteiger partial charge in [-0.25, -0.2) is 0 Å². The number of carbonyl (C=O) groups excluding carboxylic acids is 1. The molecule has 1 amide bonds. The van der Waals surface area contributed by atoms with Crippen LogP contribution >= 0.6 is 0 Å². The first-order chi connectivity index (χ1) is 7.09. The van der Waals surface area contributed by atoms with Gasteiger partial charge in [-0.1, -0.05) is 13.8 Å². The first-order valence-corrected chi connectivity index (χ1v) is 5.62. The molecule has 1 heterocycles. The molecule has 0 saturated heterocycles. The second-order valence-electron chi connectivity index (χ2n) is 3.78. The molecular formula is C11H20N2O2. The van der Waals surface area contributed by atoms with Gasteiger partial charge in [0.25, 0.3) is 0 Å². The average molecular weight is 212 g/mol. The number of nitrogens with zero attached hydrogens (tertiary/aromatic N) is 1. The minimum Gasteiger partial charge on any atom is -0.367 e. The van der Waals surface area contributed by atoms with Gasteiger partial charge in [-0.15, -0.1) is 0 Å². The molecule has 1 aliphatic heterocycles. The molecule has 0 aromatic carbocycles. The third-order valence-electron chi connectivity index (χ3n) is 2.94. The number of rotatable bonds is 5. The fraction of sp³-hybridized carbons (Fsp3) is 0.818. The Labute approximate surface area is 91.1 Å². The van der Waals surface area contributed by atoms with Crippen LogP contribution in [0.1, 0.15) is 40.5 Å². The number of hydrogen-bond acceptors (Lipinski definition) is 3. The van der Waals surface area contributed by atoms with Crippen molar-refractivity contribution in [2.75, 3.05) is 6.61 Å². The minimum absolute atomic E-state index is 0.0315. The van der Waals surface area contributed by atoms with Gasteiger partial charge in [0.2, 0.25) is 5.91 Å². The molecule has 86 valence electrons. The van der Waals surface area contributed by atoms with E-state index < -0.39 is 5.60 Å². The second-order valence-corrected chi connectivity index (χ2v) is 3.78. The smallest absolute Gasteiger partial charge is 0.249 e. The molecule has 0 radical (unpaired) electrons. The summed E-state index contributed by atoms with van der Waals surface area (Å²) in [7, 11) is 0. The summed E-state index contributed by atoms with van der Waals surface area (Å²) in [5.41, 5.74) is -0.408. The second kappa shape index (κ2) is 4.75. The summed E-state index contributed by atoms with van der Waals surface area (Å²) >= 11 is 0. The monoisotopic (exact) mass is 212 g/mol. The van der Waals surface area contributed by atoms with Crippen molar-refractivity contribution in [3.63, 3.8) is 0 Å². The largest absolute Gasteiger partial charge is 0.367 e. The molecule has 1 aliphatic rings. The number of amidine groups is 1. The van der Waals surface area contributed by atoms with E-state index in [0.717, 1.165) is 12.8 Å². The first-order valence-electron chi connectivity index (χ1n) is 5.62. The molecule has 0 saturated carbocycles. The van der Waals surface area contributed by atoms with E-state index in [1.807, 2.05) is 6.92 Å². The third kappa shape index (κ3) is 2.20. The van der Waals surface area contributed by atoms with E-state index >= 15 is 0 Å². The molecule has 0 spiro atoms. The first kappa shape index (κ1) is 12.2. The minimum atomic E-state index is -0.408. The van der Waals surface area contributed by atoms with E-state index in [1.54, 1.807) is 6.92 Å². The molecule has 4 heteroatoms. The Morgan fingerprint density at radius 1 is 1.40 bits per heavy atom. The zero-order valence-corrected chi connectivity index (χ0v) is 9.96. The van der Waals surface area contributed by atoms with Crippen molar-refractivity contribution in [2.24, 2.45) is 4.99 Å². The van der Waals surface area contributed by atoms with Gasteiger partial charge in [0.1, 0.15) is 17.5 Å². The van der Waals surface area contributed by atoms with E-state index in [9.17, 15) is 4.79 Å². The lowest BCUT2D eigenvalue weighted by molar-refractivity contribution is -0.119. The summed E-state index contributed by atoms with van der Waals surface area (Å²) in [5.74, 6) is 0.669. The quantitative estimate of drug-likeness (QED) is 0.750. The average Bonchev–Trinajstić information content (AvgIpc) is 2.56. The topological polar surface area (TPSA) is 50.7 Å². The SMILES string of the molecule is CCOC(CC)(CC)C1=NC(C)C(=O)N1. The van der Waals surface area contributed by atoms with Crippen LogP contribution in [0.25, 0.3) is 0 Å². The van der Waals surface area contributed by atoms with Gasteiger partial charge in [-0.05, 0) is 26.7 Å². The van der Waals surface area contributed by atoms with Crippen LogP contribution in [0.5, 0.6) is 0 Å². The van der Waals surface area contributed by atoms with Crippen LogP contribution < -0.4 is 5.32 Å². The fourth-order valence-electron chi connectivity index (χ4n) is 1.87. The molecular weight excluding hydrogens is 192 g/mol. The van der Waals surface area contributed by atoms with Crippen molar-refractivity contribution in [1.82, 2.24) is 5.32 Å². The number of nitrogens with one attached hydrogen (secondary N) is 1. The van der Waals surface area contributed by atoms with Crippen LogP contribution in [0.3, 0.4) is 0 Å². The maximum atomic E-state index is 11.4. The Bertz CT molecular complexity index is 270. The predicted octanol–water partition coefficient (Wildman–Crippen LogP) is 1.50. The Balaban J connectivity index is 2.90. The summed E-state index contributed by atoms with van der Waals surface area (Å²) < 4.78 is 5.76. The molecule has 0 bridgehead atoms. The third-order valence-corrected chi connectivity index (χ3v) is 2.94. The Hall–Kier alpha value is -0.900. The highest BCUT2D eigenvalue weighted by Crippen LogP contribution is 2.24.